The minimum absolute atomic E-state index is 0.0111. The predicted octanol–water partition coefficient (Wildman–Crippen LogP) is 3.21. The van der Waals surface area contributed by atoms with Crippen LogP contribution in [0, 0.1) is 0 Å². The van der Waals surface area contributed by atoms with Gasteiger partial charge >= 0.3 is 5.97 Å². The zero-order chi connectivity index (χ0) is 16.4. The highest BCUT2D eigenvalue weighted by molar-refractivity contribution is 6.08. The molecule has 0 aliphatic rings. The molecule has 3 rings (SSSR count). The van der Waals surface area contributed by atoms with Crippen molar-refractivity contribution >= 4 is 23.2 Å². The maximum absolute atomic E-state index is 11.7. The first kappa shape index (κ1) is 14.8. The van der Waals surface area contributed by atoms with Crippen molar-refractivity contribution in [3.05, 3.63) is 65.4 Å². The molecule has 0 saturated heterocycles. The van der Waals surface area contributed by atoms with E-state index in [2.05, 4.69) is 0 Å². The average molecular weight is 309 g/mol. The van der Waals surface area contributed by atoms with E-state index in [0.717, 1.165) is 16.8 Å². The maximum atomic E-state index is 11.7. The molecule has 0 bridgehead atoms. The van der Waals surface area contributed by atoms with Gasteiger partial charge in [0, 0.05) is 17.4 Å². The van der Waals surface area contributed by atoms with Gasteiger partial charge in [0.25, 0.3) is 0 Å². The van der Waals surface area contributed by atoms with Gasteiger partial charge in [-0.1, -0.05) is 30.3 Å². The van der Waals surface area contributed by atoms with E-state index < -0.39 is 5.97 Å². The van der Waals surface area contributed by atoms with Gasteiger partial charge in [-0.3, -0.25) is 4.79 Å². The molecular weight excluding hydrogens is 294 g/mol. The number of aromatic carboxylic acids is 1. The number of carboxylic acids is 1. The molecule has 0 atom stereocenters. The van der Waals surface area contributed by atoms with Crippen LogP contribution >= 0.6 is 0 Å². The van der Waals surface area contributed by atoms with Crippen LogP contribution in [0.4, 0.5) is 0 Å². The molecule has 0 fully saturated rings. The second kappa shape index (κ2) is 5.96. The third-order valence-electron chi connectivity index (χ3n) is 3.83. The summed E-state index contributed by atoms with van der Waals surface area (Å²) in [7, 11) is 1.59. The highest BCUT2D eigenvalue weighted by atomic mass is 16.5. The fourth-order valence-electron chi connectivity index (χ4n) is 2.76. The molecule has 0 radical (unpaired) electrons. The molecule has 5 heteroatoms. The standard InChI is InChI=1S/C18H15NO4/c1-23-13-8-6-12(7-9-13)10-19-16-5-3-2-4-14(16)15(11-20)17(19)18(21)22/h2-9,11H,10H2,1H3,(H,21,22). The quantitative estimate of drug-likeness (QED) is 0.735. The number of methoxy groups -OCH3 is 1. The topological polar surface area (TPSA) is 68.5 Å². The summed E-state index contributed by atoms with van der Waals surface area (Å²) in [5.74, 6) is -0.380. The summed E-state index contributed by atoms with van der Waals surface area (Å²) in [5, 5.41) is 10.2. The van der Waals surface area contributed by atoms with Crippen molar-refractivity contribution in [1.82, 2.24) is 4.57 Å². The van der Waals surface area contributed by atoms with Gasteiger partial charge in [0.1, 0.15) is 11.4 Å². The van der Waals surface area contributed by atoms with E-state index in [9.17, 15) is 14.7 Å². The Balaban J connectivity index is 2.16. The Morgan fingerprint density at radius 3 is 2.48 bits per heavy atom. The smallest absolute Gasteiger partial charge is 0.353 e. The average Bonchev–Trinajstić information content (AvgIpc) is 2.89. The molecule has 0 saturated carbocycles. The number of hydrogen-bond donors (Lipinski definition) is 1. The number of fused-ring (bicyclic) bond motifs is 1. The van der Waals surface area contributed by atoms with E-state index in [1.165, 1.54) is 0 Å². The first-order valence-electron chi connectivity index (χ1n) is 7.08. The molecule has 116 valence electrons. The minimum Gasteiger partial charge on any atom is -0.497 e. The molecule has 3 aromatic rings. The van der Waals surface area contributed by atoms with Gasteiger partial charge in [-0.2, -0.15) is 0 Å². The van der Waals surface area contributed by atoms with Crippen LogP contribution in [0.5, 0.6) is 5.75 Å². The molecule has 0 spiro atoms. The molecule has 0 aliphatic heterocycles. The lowest BCUT2D eigenvalue weighted by molar-refractivity contribution is 0.0683. The van der Waals surface area contributed by atoms with Crippen LogP contribution in [0.1, 0.15) is 26.4 Å². The van der Waals surface area contributed by atoms with Crippen molar-refractivity contribution in [2.75, 3.05) is 7.11 Å². The summed E-state index contributed by atoms with van der Waals surface area (Å²) in [6, 6.07) is 14.6. The number of carbonyl (C=O) groups excluding carboxylic acids is 1. The maximum Gasteiger partial charge on any atom is 0.353 e. The number of benzene rings is 2. The van der Waals surface area contributed by atoms with Crippen molar-refractivity contribution in [3.63, 3.8) is 0 Å². The highest BCUT2D eigenvalue weighted by Gasteiger charge is 2.21. The molecule has 1 aromatic heterocycles. The van der Waals surface area contributed by atoms with E-state index in [-0.39, 0.29) is 11.3 Å². The van der Waals surface area contributed by atoms with Gasteiger partial charge in [0.05, 0.1) is 12.7 Å². The fraction of sp³-hybridized carbons (Fsp3) is 0.111. The van der Waals surface area contributed by atoms with Crippen LogP contribution < -0.4 is 4.74 Å². The molecule has 0 amide bonds. The van der Waals surface area contributed by atoms with Crippen molar-refractivity contribution in [2.24, 2.45) is 0 Å². The lowest BCUT2D eigenvalue weighted by atomic mass is 10.1. The predicted molar refractivity (Wildman–Crippen MR) is 86.4 cm³/mol. The number of carboxylic acid groups (broad SMARTS) is 1. The monoisotopic (exact) mass is 309 g/mol. The number of aldehydes is 1. The molecule has 2 aromatic carbocycles. The number of para-hydroxylation sites is 1. The Kier molecular flexibility index (Phi) is 3.85. The van der Waals surface area contributed by atoms with E-state index >= 15 is 0 Å². The second-order valence-corrected chi connectivity index (χ2v) is 5.14. The Hall–Kier alpha value is -3.08. The normalized spacial score (nSPS) is 10.7. The number of nitrogens with zero attached hydrogens (tertiary/aromatic N) is 1. The van der Waals surface area contributed by atoms with Gasteiger partial charge in [-0.05, 0) is 23.8 Å². The summed E-state index contributed by atoms with van der Waals surface area (Å²) in [6.07, 6.45) is 0.607. The molecular formula is C18H15NO4. The molecule has 0 unspecified atom stereocenters. The minimum atomic E-state index is -1.11. The van der Waals surface area contributed by atoms with E-state index in [0.29, 0.717) is 18.2 Å². The van der Waals surface area contributed by atoms with Gasteiger partial charge in [-0.25, -0.2) is 4.79 Å². The zero-order valence-electron chi connectivity index (χ0n) is 12.5. The Bertz CT molecular complexity index is 878. The number of carbonyl (C=O) groups is 2. The lowest BCUT2D eigenvalue weighted by Crippen LogP contribution is -2.11. The summed E-state index contributed by atoms with van der Waals surface area (Å²) in [6.45, 7) is 0.361. The Morgan fingerprint density at radius 2 is 1.87 bits per heavy atom. The summed E-state index contributed by atoms with van der Waals surface area (Å²) < 4.78 is 6.78. The van der Waals surface area contributed by atoms with E-state index in [4.69, 9.17) is 4.74 Å². The van der Waals surface area contributed by atoms with E-state index in [1.807, 2.05) is 36.4 Å². The van der Waals surface area contributed by atoms with Gasteiger partial charge in [0.15, 0.2) is 6.29 Å². The summed E-state index contributed by atoms with van der Waals surface area (Å²) in [4.78, 5) is 23.1. The summed E-state index contributed by atoms with van der Waals surface area (Å²) in [5.41, 5.74) is 1.87. The molecule has 1 heterocycles. The van der Waals surface area contributed by atoms with Crippen molar-refractivity contribution in [2.45, 2.75) is 6.54 Å². The van der Waals surface area contributed by atoms with E-state index in [1.54, 1.807) is 23.8 Å². The van der Waals surface area contributed by atoms with Crippen LogP contribution in [-0.4, -0.2) is 29.0 Å². The summed E-state index contributed by atoms with van der Waals surface area (Å²) >= 11 is 0. The van der Waals surface area contributed by atoms with Gasteiger partial charge < -0.3 is 14.4 Å². The zero-order valence-corrected chi connectivity index (χ0v) is 12.5. The number of rotatable bonds is 5. The third kappa shape index (κ3) is 2.57. The SMILES string of the molecule is COc1ccc(Cn2c(C(=O)O)c(C=O)c3ccccc32)cc1. The van der Waals surface area contributed by atoms with Crippen LogP contribution in [0.2, 0.25) is 0 Å². The highest BCUT2D eigenvalue weighted by Crippen LogP contribution is 2.26. The first-order valence-corrected chi connectivity index (χ1v) is 7.08. The molecule has 5 nitrogen and oxygen atoms in total. The largest absolute Gasteiger partial charge is 0.497 e. The van der Waals surface area contributed by atoms with Crippen LogP contribution in [0.3, 0.4) is 0 Å². The Morgan fingerprint density at radius 1 is 1.17 bits per heavy atom. The molecule has 1 N–H and O–H groups in total. The van der Waals surface area contributed by atoms with Crippen LogP contribution in [-0.2, 0) is 6.54 Å². The van der Waals surface area contributed by atoms with Gasteiger partial charge in [0.2, 0.25) is 0 Å². The number of ether oxygens (including phenoxy) is 1. The molecule has 0 aliphatic carbocycles. The molecule has 23 heavy (non-hydrogen) atoms. The Labute approximate surface area is 132 Å². The lowest BCUT2D eigenvalue weighted by Gasteiger charge is -2.09. The van der Waals surface area contributed by atoms with Crippen LogP contribution in [0.25, 0.3) is 10.9 Å². The van der Waals surface area contributed by atoms with Crippen LogP contribution in [0.15, 0.2) is 48.5 Å². The number of hydrogen-bond acceptors (Lipinski definition) is 3. The van der Waals surface area contributed by atoms with Crippen molar-refractivity contribution in [1.29, 1.82) is 0 Å². The number of aromatic nitrogens is 1. The first-order chi connectivity index (χ1) is 11.2. The van der Waals surface area contributed by atoms with Crippen molar-refractivity contribution in [3.8, 4) is 5.75 Å². The van der Waals surface area contributed by atoms with Gasteiger partial charge in [-0.15, -0.1) is 0 Å². The second-order valence-electron chi connectivity index (χ2n) is 5.14. The van der Waals surface area contributed by atoms with Crippen molar-refractivity contribution < 1.29 is 19.4 Å². The fourth-order valence-corrected chi connectivity index (χ4v) is 2.76. The third-order valence-corrected chi connectivity index (χ3v) is 3.83.